The van der Waals surface area contributed by atoms with Crippen LogP contribution >= 0.6 is 34.8 Å². The van der Waals surface area contributed by atoms with Crippen LogP contribution in [0, 0.1) is 0 Å². The van der Waals surface area contributed by atoms with Crippen molar-refractivity contribution < 1.29 is 18.7 Å². The van der Waals surface area contributed by atoms with Crippen LogP contribution in [-0.4, -0.2) is 23.7 Å². The zero-order valence-corrected chi connectivity index (χ0v) is 23.1. The molecule has 5 rings (SSSR count). The average molecular weight is 580 g/mol. The Kier molecular flexibility index (Phi) is 7.62. The summed E-state index contributed by atoms with van der Waals surface area (Å²) >= 11 is 18.9. The molecule has 0 spiro atoms. The minimum absolute atomic E-state index is 0.194. The fourth-order valence-corrected chi connectivity index (χ4v) is 5.00. The SMILES string of the molecule is CC(C)OC(=O)c1ccc(-c2ccc(/C=C3\C(=O)N(c4c(Cl)cc(Cl)cc4Cl)N=C3c3ccccc3)o2)cc1. The molecule has 1 amide bonds. The van der Waals surface area contributed by atoms with Gasteiger partial charge in [0, 0.05) is 16.1 Å². The monoisotopic (exact) mass is 578 g/mol. The zero-order chi connectivity index (χ0) is 27.7. The molecule has 0 fully saturated rings. The lowest BCUT2D eigenvalue weighted by atomic mass is 10.0. The van der Waals surface area contributed by atoms with Gasteiger partial charge in [0.15, 0.2) is 0 Å². The van der Waals surface area contributed by atoms with Crippen molar-refractivity contribution in [3.63, 3.8) is 0 Å². The fourth-order valence-electron chi connectivity index (χ4n) is 4.02. The second-order valence-electron chi connectivity index (χ2n) is 8.94. The van der Waals surface area contributed by atoms with Gasteiger partial charge in [0.05, 0.1) is 27.3 Å². The summed E-state index contributed by atoms with van der Waals surface area (Å²) in [5.74, 6) is 0.190. The Hall–Kier alpha value is -3.84. The van der Waals surface area contributed by atoms with Gasteiger partial charge in [0.2, 0.25) is 0 Å². The number of rotatable bonds is 6. The first-order valence-corrected chi connectivity index (χ1v) is 13.1. The molecule has 1 aliphatic heterocycles. The van der Waals surface area contributed by atoms with Crippen molar-refractivity contribution in [3.05, 3.63) is 116 Å². The molecule has 0 atom stereocenters. The summed E-state index contributed by atoms with van der Waals surface area (Å²) in [4.78, 5) is 25.8. The Bertz CT molecular complexity index is 1600. The highest BCUT2D eigenvalue weighted by atomic mass is 35.5. The van der Waals surface area contributed by atoms with Crippen LogP contribution < -0.4 is 5.01 Å². The highest BCUT2D eigenvalue weighted by Gasteiger charge is 2.34. The largest absolute Gasteiger partial charge is 0.459 e. The number of ether oxygens (including phenoxy) is 1. The number of amides is 1. The number of esters is 1. The second kappa shape index (κ2) is 11.1. The maximum atomic E-state index is 13.6. The van der Waals surface area contributed by atoms with Gasteiger partial charge in [-0.15, -0.1) is 0 Å². The van der Waals surface area contributed by atoms with E-state index in [1.165, 1.54) is 17.1 Å². The van der Waals surface area contributed by atoms with Crippen LogP contribution in [-0.2, 0) is 9.53 Å². The molecule has 0 bridgehead atoms. The standard InChI is InChI=1S/C30H21Cl3N2O4/c1-17(2)38-30(37)20-10-8-18(9-11-20)26-13-12-22(39-26)16-23-27(19-6-4-3-5-7-19)34-35(29(23)36)28-24(32)14-21(31)15-25(28)33/h3-17H,1-2H3/b23-16-. The van der Waals surface area contributed by atoms with E-state index in [1.54, 1.807) is 56.3 Å². The first-order chi connectivity index (χ1) is 18.7. The highest BCUT2D eigenvalue weighted by molar-refractivity contribution is 6.44. The lowest BCUT2D eigenvalue weighted by molar-refractivity contribution is -0.114. The van der Waals surface area contributed by atoms with E-state index in [2.05, 4.69) is 5.10 Å². The minimum atomic E-state index is -0.425. The third-order valence-corrected chi connectivity index (χ3v) is 6.57. The molecule has 39 heavy (non-hydrogen) atoms. The van der Waals surface area contributed by atoms with Gasteiger partial charge in [-0.2, -0.15) is 10.1 Å². The van der Waals surface area contributed by atoms with Gasteiger partial charge in [-0.05, 0) is 56.3 Å². The smallest absolute Gasteiger partial charge is 0.338 e. The molecule has 2 heterocycles. The summed E-state index contributed by atoms with van der Waals surface area (Å²) in [6, 6.07) is 22.8. The van der Waals surface area contributed by atoms with Crippen LogP contribution in [0.15, 0.2) is 94.0 Å². The number of anilines is 1. The Morgan fingerprint density at radius 3 is 2.23 bits per heavy atom. The van der Waals surface area contributed by atoms with Gasteiger partial charge >= 0.3 is 5.97 Å². The lowest BCUT2D eigenvalue weighted by Crippen LogP contribution is -2.22. The third-order valence-electron chi connectivity index (χ3n) is 5.78. The molecule has 0 radical (unpaired) electrons. The Labute approximate surface area is 240 Å². The predicted octanol–water partition coefficient (Wildman–Crippen LogP) is 8.31. The van der Waals surface area contributed by atoms with E-state index in [0.29, 0.717) is 33.4 Å². The third kappa shape index (κ3) is 5.64. The molecular weight excluding hydrogens is 559 g/mol. The maximum Gasteiger partial charge on any atom is 0.338 e. The number of hydrazone groups is 1. The molecular formula is C30H21Cl3N2O4. The molecule has 1 aromatic heterocycles. The Morgan fingerprint density at radius 2 is 1.59 bits per heavy atom. The number of nitrogens with zero attached hydrogens (tertiary/aromatic N) is 2. The number of benzene rings is 3. The molecule has 0 saturated heterocycles. The Morgan fingerprint density at radius 1 is 0.923 bits per heavy atom. The maximum absolute atomic E-state index is 13.6. The quantitative estimate of drug-likeness (QED) is 0.170. The van der Waals surface area contributed by atoms with E-state index in [9.17, 15) is 9.59 Å². The van der Waals surface area contributed by atoms with E-state index in [0.717, 1.165) is 11.1 Å². The summed E-state index contributed by atoms with van der Waals surface area (Å²) in [5.41, 5.74) is 2.92. The molecule has 0 saturated carbocycles. The zero-order valence-electron chi connectivity index (χ0n) is 20.8. The highest BCUT2D eigenvalue weighted by Crippen LogP contribution is 2.40. The van der Waals surface area contributed by atoms with Crippen molar-refractivity contribution in [1.29, 1.82) is 0 Å². The molecule has 0 unspecified atom stereocenters. The minimum Gasteiger partial charge on any atom is -0.459 e. The summed E-state index contributed by atoms with van der Waals surface area (Å²) in [5, 5.41) is 6.49. The van der Waals surface area contributed by atoms with Crippen molar-refractivity contribution >= 4 is 64.2 Å². The average Bonchev–Trinajstić information content (AvgIpc) is 3.49. The first-order valence-electron chi connectivity index (χ1n) is 12.0. The number of carbonyl (C=O) groups is 2. The summed E-state index contributed by atoms with van der Waals surface area (Å²) in [7, 11) is 0. The van der Waals surface area contributed by atoms with Gasteiger partial charge in [-0.25, -0.2) is 4.79 Å². The Balaban J connectivity index is 1.49. The van der Waals surface area contributed by atoms with Crippen molar-refractivity contribution in [2.75, 3.05) is 5.01 Å². The van der Waals surface area contributed by atoms with E-state index in [1.807, 2.05) is 30.3 Å². The van der Waals surface area contributed by atoms with E-state index in [4.69, 9.17) is 44.0 Å². The van der Waals surface area contributed by atoms with Gasteiger partial charge in [-0.3, -0.25) is 4.79 Å². The summed E-state index contributed by atoms with van der Waals surface area (Å²) < 4.78 is 11.3. The van der Waals surface area contributed by atoms with Crippen LogP contribution in [0.2, 0.25) is 15.1 Å². The molecule has 0 aliphatic carbocycles. The van der Waals surface area contributed by atoms with E-state index in [-0.39, 0.29) is 27.8 Å². The van der Waals surface area contributed by atoms with Crippen molar-refractivity contribution in [2.45, 2.75) is 20.0 Å². The van der Waals surface area contributed by atoms with E-state index >= 15 is 0 Å². The van der Waals surface area contributed by atoms with Gasteiger partial charge in [0.1, 0.15) is 22.9 Å². The van der Waals surface area contributed by atoms with Crippen LogP contribution in [0.4, 0.5) is 5.69 Å². The van der Waals surface area contributed by atoms with Crippen LogP contribution in [0.5, 0.6) is 0 Å². The number of furan rings is 1. The summed E-state index contributed by atoms with van der Waals surface area (Å²) in [6.45, 7) is 3.60. The molecule has 6 nitrogen and oxygen atoms in total. The van der Waals surface area contributed by atoms with Gasteiger partial charge in [0.25, 0.3) is 5.91 Å². The van der Waals surface area contributed by atoms with Crippen molar-refractivity contribution in [2.24, 2.45) is 5.10 Å². The summed E-state index contributed by atoms with van der Waals surface area (Å²) in [6.07, 6.45) is 1.42. The second-order valence-corrected chi connectivity index (χ2v) is 10.2. The van der Waals surface area contributed by atoms with E-state index < -0.39 is 5.91 Å². The predicted molar refractivity (Wildman–Crippen MR) is 155 cm³/mol. The normalized spacial score (nSPS) is 14.3. The van der Waals surface area contributed by atoms with Gasteiger partial charge < -0.3 is 9.15 Å². The number of hydrogen-bond acceptors (Lipinski definition) is 5. The molecule has 3 aromatic carbocycles. The molecule has 196 valence electrons. The number of halogens is 3. The topological polar surface area (TPSA) is 72.1 Å². The molecule has 4 aromatic rings. The lowest BCUT2D eigenvalue weighted by Gasteiger charge is -2.15. The number of hydrogen-bond donors (Lipinski definition) is 0. The van der Waals surface area contributed by atoms with Crippen molar-refractivity contribution in [3.8, 4) is 11.3 Å². The van der Waals surface area contributed by atoms with Gasteiger partial charge in [-0.1, -0.05) is 77.3 Å². The molecule has 0 N–H and O–H groups in total. The first kappa shape index (κ1) is 26.8. The molecule has 1 aliphatic rings. The fraction of sp³-hybridized carbons (Fsp3) is 0.100. The van der Waals surface area contributed by atoms with Crippen LogP contribution in [0.1, 0.15) is 35.5 Å². The van der Waals surface area contributed by atoms with Crippen LogP contribution in [0.3, 0.4) is 0 Å². The molecule has 9 heteroatoms. The van der Waals surface area contributed by atoms with Crippen molar-refractivity contribution in [1.82, 2.24) is 0 Å². The number of carbonyl (C=O) groups excluding carboxylic acids is 2. The van der Waals surface area contributed by atoms with Crippen LogP contribution in [0.25, 0.3) is 17.4 Å².